The summed E-state index contributed by atoms with van der Waals surface area (Å²) in [4.78, 5) is 0. The maximum atomic E-state index is 5.77. The molecule has 3 fully saturated rings. The van der Waals surface area contributed by atoms with Crippen LogP contribution in [0.1, 0.15) is 33.6 Å². The molecule has 0 aliphatic heterocycles. The lowest BCUT2D eigenvalue weighted by atomic mass is 9.43. The minimum absolute atomic E-state index is 0.630. The van der Waals surface area contributed by atoms with E-state index in [1.54, 1.807) is 0 Å². The third kappa shape index (κ3) is 0.891. The highest BCUT2D eigenvalue weighted by Crippen LogP contribution is 2.62. The molecule has 0 aromatic rings. The van der Waals surface area contributed by atoms with Crippen LogP contribution in [0.2, 0.25) is 0 Å². The van der Waals surface area contributed by atoms with E-state index in [1.807, 2.05) is 0 Å². The van der Waals surface area contributed by atoms with Gasteiger partial charge in [0.1, 0.15) is 0 Å². The summed E-state index contributed by atoms with van der Waals surface area (Å²) < 4.78 is 0. The van der Waals surface area contributed by atoms with E-state index < -0.39 is 0 Å². The second kappa shape index (κ2) is 2.47. The van der Waals surface area contributed by atoms with Crippen molar-refractivity contribution < 1.29 is 0 Å². The first-order valence-corrected chi connectivity index (χ1v) is 5.27. The zero-order valence-electron chi connectivity index (χ0n) is 8.51. The number of hydrogen-bond donors (Lipinski definition) is 1. The summed E-state index contributed by atoms with van der Waals surface area (Å²) in [7, 11) is 0. The molecule has 12 heavy (non-hydrogen) atoms. The predicted octanol–water partition coefficient (Wildman–Crippen LogP) is 2.26. The molecule has 0 unspecified atom stereocenters. The molecule has 0 heterocycles. The number of rotatable bonds is 1. The second-order valence-corrected chi connectivity index (χ2v) is 5.45. The first-order valence-electron chi connectivity index (χ1n) is 5.27. The molecule has 0 amide bonds. The molecular formula is C11H21N. The molecule has 3 saturated carbocycles. The van der Waals surface area contributed by atoms with Gasteiger partial charge in [-0.2, -0.15) is 0 Å². The summed E-state index contributed by atoms with van der Waals surface area (Å²) in [6, 6.07) is 0. The van der Waals surface area contributed by atoms with E-state index in [-0.39, 0.29) is 0 Å². The Hall–Kier alpha value is -0.0400. The Balaban J connectivity index is 2.11. The van der Waals surface area contributed by atoms with Gasteiger partial charge in [0.25, 0.3) is 0 Å². The van der Waals surface area contributed by atoms with Gasteiger partial charge in [0.15, 0.2) is 0 Å². The maximum absolute atomic E-state index is 5.77. The van der Waals surface area contributed by atoms with Gasteiger partial charge in [-0.3, -0.25) is 0 Å². The minimum Gasteiger partial charge on any atom is -0.330 e. The van der Waals surface area contributed by atoms with Gasteiger partial charge in [-0.05, 0) is 48.5 Å². The van der Waals surface area contributed by atoms with Crippen LogP contribution in [-0.4, -0.2) is 6.54 Å². The quantitative estimate of drug-likeness (QED) is 0.637. The number of nitrogens with two attached hydrogens (primary N) is 1. The number of hydrogen-bond acceptors (Lipinski definition) is 1. The topological polar surface area (TPSA) is 26.0 Å². The van der Waals surface area contributed by atoms with E-state index in [1.165, 1.54) is 12.8 Å². The summed E-state index contributed by atoms with van der Waals surface area (Å²) in [5, 5.41) is 0. The molecule has 0 aromatic heterocycles. The Kier molecular flexibility index (Phi) is 1.76. The lowest BCUT2D eigenvalue weighted by Gasteiger charge is -2.62. The largest absolute Gasteiger partial charge is 0.330 e. The Morgan fingerprint density at radius 1 is 1.33 bits per heavy atom. The first-order chi connectivity index (χ1) is 5.57. The smallest absolute Gasteiger partial charge is 0.00461 e. The maximum Gasteiger partial charge on any atom is -0.00461 e. The highest BCUT2D eigenvalue weighted by molar-refractivity contribution is 5.04. The third-order valence-corrected chi connectivity index (χ3v) is 4.81. The molecule has 3 rings (SSSR count). The van der Waals surface area contributed by atoms with Crippen LogP contribution in [0.4, 0.5) is 0 Å². The normalized spacial score (nSPS) is 50.0. The fourth-order valence-corrected chi connectivity index (χ4v) is 3.57. The van der Waals surface area contributed by atoms with E-state index in [0.29, 0.717) is 5.41 Å². The van der Waals surface area contributed by atoms with Crippen LogP contribution in [-0.2, 0) is 0 Å². The van der Waals surface area contributed by atoms with E-state index in [0.717, 1.165) is 30.2 Å². The van der Waals surface area contributed by atoms with Crippen molar-refractivity contribution in [1.82, 2.24) is 0 Å². The minimum atomic E-state index is 0.630. The SMILES string of the molecule is C[C@H]1[C@@H](CN)C[C@H]2C[C@H]1C2(C)C. The Bertz CT molecular complexity index is 185. The molecule has 0 saturated heterocycles. The van der Waals surface area contributed by atoms with Gasteiger partial charge in [0, 0.05) is 0 Å². The first kappa shape index (κ1) is 8.55. The summed E-state index contributed by atoms with van der Waals surface area (Å²) in [5.41, 5.74) is 6.40. The highest BCUT2D eigenvalue weighted by atomic mass is 14.7. The zero-order chi connectivity index (χ0) is 8.93. The molecule has 0 spiro atoms. The zero-order valence-corrected chi connectivity index (χ0v) is 8.51. The molecule has 70 valence electrons. The lowest BCUT2D eigenvalue weighted by Crippen LogP contribution is -2.56. The van der Waals surface area contributed by atoms with Crippen molar-refractivity contribution in [2.24, 2.45) is 34.8 Å². The van der Waals surface area contributed by atoms with Crippen molar-refractivity contribution in [3.63, 3.8) is 0 Å². The van der Waals surface area contributed by atoms with Crippen LogP contribution >= 0.6 is 0 Å². The van der Waals surface area contributed by atoms with E-state index >= 15 is 0 Å². The Morgan fingerprint density at radius 3 is 2.42 bits per heavy atom. The molecule has 2 bridgehead atoms. The van der Waals surface area contributed by atoms with Gasteiger partial charge in [-0.15, -0.1) is 0 Å². The molecule has 2 N–H and O–H groups in total. The summed E-state index contributed by atoms with van der Waals surface area (Å²) >= 11 is 0. The van der Waals surface area contributed by atoms with Crippen LogP contribution in [0.3, 0.4) is 0 Å². The summed E-state index contributed by atoms with van der Waals surface area (Å²) in [5.74, 6) is 3.63. The standard InChI is InChI=1S/C11H21N/c1-7-8(6-12)4-9-5-10(7)11(9,2)3/h7-10H,4-6,12H2,1-3H3/t7-,8+,9-,10+/m0/s1. The lowest BCUT2D eigenvalue weighted by molar-refractivity contribution is -0.126. The Labute approximate surface area is 75.7 Å². The van der Waals surface area contributed by atoms with Gasteiger partial charge in [0.05, 0.1) is 0 Å². The van der Waals surface area contributed by atoms with E-state index in [4.69, 9.17) is 5.73 Å². The molecule has 1 nitrogen and oxygen atoms in total. The molecule has 3 aliphatic carbocycles. The average Bonchev–Trinajstić information content (AvgIpc) is 2.03. The van der Waals surface area contributed by atoms with Crippen LogP contribution in [0.25, 0.3) is 0 Å². The average molecular weight is 167 g/mol. The molecule has 3 aliphatic rings. The third-order valence-electron chi connectivity index (χ3n) is 4.81. The van der Waals surface area contributed by atoms with Gasteiger partial charge >= 0.3 is 0 Å². The van der Waals surface area contributed by atoms with Gasteiger partial charge in [-0.1, -0.05) is 20.8 Å². The second-order valence-electron chi connectivity index (χ2n) is 5.45. The van der Waals surface area contributed by atoms with Gasteiger partial charge in [-0.25, -0.2) is 0 Å². The molecule has 0 aromatic carbocycles. The molecule has 0 radical (unpaired) electrons. The fourth-order valence-electron chi connectivity index (χ4n) is 3.57. The highest BCUT2D eigenvalue weighted by Gasteiger charge is 2.55. The van der Waals surface area contributed by atoms with Crippen LogP contribution < -0.4 is 5.73 Å². The van der Waals surface area contributed by atoms with Crippen molar-refractivity contribution in [2.75, 3.05) is 6.54 Å². The van der Waals surface area contributed by atoms with Crippen molar-refractivity contribution in [3.8, 4) is 0 Å². The van der Waals surface area contributed by atoms with Crippen molar-refractivity contribution >= 4 is 0 Å². The van der Waals surface area contributed by atoms with E-state index in [2.05, 4.69) is 20.8 Å². The molecule has 4 atom stereocenters. The van der Waals surface area contributed by atoms with Crippen molar-refractivity contribution in [2.45, 2.75) is 33.6 Å². The Morgan fingerprint density at radius 2 is 2.00 bits per heavy atom. The number of fused-ring (bicyclic) bond motifs is 2. The van der Waals surface area contributed by atoms with Gasteiger partial charge < -0.3 is 5.73 Å². The monoisotopic (exact) mass is 167 g/mol. The van der Waals surface area contributed by atoms with Crippen LogP contribution in [0.15, 0.2) is 0 Å². The van der Waals surface area contributed by atoms with Crippen molar-refractivity contribution in [3.05, 3.63) is 0 Å². The predicted molar refractivity (Wildman–Crippen MR) is 51.7 cm³/mol. The van der Waals surface area contributed by atoms with Crippen molar-refractivity contribution in [1.29, 1.82) is 0 Å². The molecule has 1 heteroatoms. The summed E-state index contributed by atoms with van der Waals surface area (Å²) in [6.45, 7) is 8.19. The van der Waals surface area contributed by atoms with Gasteiger partial charge in [0.2, 0.25) is 0 Å². The van der Waals surface area contributed by atoms with Crippen LogP contribution in [0, 0.1) is 29.1 Å². The van der Waals surface area contributed by atoms with E-state index in [9.17, 15) is 0 Å². The van der Waals surface area contributed by atoms with Crippen LogP contribution in [0.5, 0.6) is 0 Å². The fraction of sp³-hybridized carbons (Fsp3) is 1.00. The molecular weight excluding hydrogens is 146 g/mol. The summed E-state index contributed by atoms with van der Waals surface area (Å²) in [6.07, 6.45) is 2.87.